The monoisotopic (exact) mass is 287 g/mol. The molecule has 0 spiro atoms. The molecule has 2 rings (SSSR count). The summed E-state index contributed by atoms with van der Waals surface area (Å²) in [4.78, 5) is 12.8. The van der Waals surface area contributed by atoms with Crippen molar-refractivity contribution in [3.8, 4) is 0 Å². The summed E-state index contributed by atoms with van der Waals surface area (Å²) in [5.74, 6) is 0.148. The standard InChI is InChI=1S/C19H29NO/c1-14-9-10-16(13-15(14)2)20-17(21)18(3,4)19(5)11-7-6-8-12-19/h9-10,13H,6-8,11-12H2,1-5H3,(H,20,21). The fourth-order valence-electron chi connectivity index (χ4n) is 3.34. The number of benzene rings is 1. The molecule has 2 nitrogen and oxygen atoms in total. The molecule has 1 saturated carbocycles. The van der Waals surface area contributed by atoms with Crippen LogP contribution in [0.15, 0.2) is 18.2 Å². The lowest BCUT2D eigenvalue weighted by atomic mass is 9.59. The van der Waals surface area contributed by atoms with Gasteiger partial charge in [0, 0.05) is 11.1 Å². The van der Waals surface area contributed by atoms with Crippen molar-refractivity contribution in [1.29, 1.82) is 0 Å². The first-order valence-corrected chi connectivity index (χ1v) is 8.15. The highest BCUT2D eigenvalue weighted by molar-refractivity contribution is 5.95. The topological polar surface area (TPSA) is 29.1 Å². The van der Waals surface area contributed by atoms with Gasteiger partial charge in [-0.2, -0.15) is 0 Å². The normalized spacial score (nSPS) is 18.3. The first-order valence-electron chi connectivity index (χ1n) is 8.15. The van der Waals surface area contributed by atoms with Gasteiger partial charge in [0.2, 0.25) is 5.91 Å². The van der Waals surface area contributed by atoms with E-state index in [2.05, 4.69) is 52.1 Å². The van der Waals surface area contributed by atoms with Gasteiger partial charge in [0.05, 0.1) is 0 Å². The van der Waals surface area contributed by atoms with E-state index < -0.39 is 0 Å². The van der Waals surface area contributed by atoms with Gasteiger partial charge in [-0.15, -0.1) is 0 Å². The molecule has 2 heteroatoms. The van der Waals surface area contributed by atoms with Crippen molar-refractivity contribution in [2.24, 2.45) is 10.8 Å². The SMILES string of the molecule is Cc1ccc(NC(=O)C(C)(C)C2(C)CCCCC2)cc1C. The lowest BCUT2D eigenvalue weighted by molar-refractivity contribution is -0.132. The minimum Gasteiger partial charge on any atom is -0.326 e. The molecule has 1 aromatic rings. The van der Waals surface area contributed by atoms with Crippen molar-refractivity contribution in [3.63, 3.8) is 0 Å². The Morgan fingerprint density at radius 3 is 2.29 bits per heavy atom. The first kappa shape index (κ1) is 16.1. The van der Waals surface area contributed by atoms with Crippen LogP contribution >= 0.6 is 0 Å². The molecule has 1 aliphatic carbocycles. The summed E-state index contributed by atoms with van der Waals surface area (Å²) in [5.41, 5.74) is 3.15. The predicted octanol–water partition coefficient (Wildman–Crippen LogP) is 5.24. The molecule has 0 radical (unpaired) electrons. The molecule has 1 aliphatic rings. The summed E-state index contributed by atoms with van der Waals surface area (Å²) in [6.07, 6.45) is 6.11. The minimum absolute atomic E-state index is 0.106. The molecule has 1 amide bonds. The summed E-state index contributed by atoms with van der Waals surface area (Å²) in [7, 11) is 0. The van der Waals surface area contributed by atoms with E-state index in [-0.39, 0.29) is 16.7 Å². The van der Waals surface area contributed by atoms with Crippen molar-refractivity contribution in [1.82, 2.24) is 0 Å². The number of anilines is 1. The number of aryl methyl sites for hydroxylation is 2. The number of rotatable bonds is 3. The van der Waals surface area contributed by atoms with Crippen LogP contribution in [0.25, 0.3) is 0 Å². The van der Waals surface area contributed by atoms with Crippen molar-refractivity contribution >= 4 is 11.6 Å². The van der Waals surface area contributed by atoms with Gasteiger partial charge in [-0.3, -0.25) is 4.79 Å². The smallest absolute Gasteiger partial charge is 0.230 e. The second-order valence-corrected chi connectivity index (χ2v) is 7.50. The zero-order chi connectivity index (χ0) is 15.7. The minimum atomic E-state index is -0.341. The van der Waals surface area contributed by atoms with Crippen LogP contribution in [-0.2, 0) is 4.79 Å². The van der Waals surface area contributed by atoms with Crippen molar-refractivity contribution < 1.29 is 4.79 Å². The van der Waals surface area contributed by atoms with Gasteiger partial charge in [0.1, 0.15) is 0 Å². The molecule has 0 aliphatic heterocycles. The zero-order valence-electron chi connectivity index (χ0n) is 14.2. The lowest BCUT2D eigenvalue weighted by Crippen LogP contribution is -2.45. The Balaban J connectivity index is 2.15. The maximum Gasteiger partial charge on any atom is 0.230 e. The van der Waals surface area contributed by atoms with Gasteiger partial charge in [-0.05, 0) is 55.4 Å². The van der Waals surface area contributed by atoms with E-state index in [1.165, 1.54) is 30.4 Å². The van der Waals surface area contributed by atoms with Gasteiger partial charge in [0.25, 0.3) is 0 Å². The largest absolute Gasteiger partial charge is 0.326 e. The Morgan fingerprint density at radius 1 is 1.10 bits per heavy atom. The molecule has 1 fully saturated rings. The van der Waals surface area contributed by atoms with Crippen LogP contribution in [0.5, 0.6) is 0 Å². The number of carbonyl (C=O) groups excluding carboxylic acids is 1. The molecule has 0 aromatic heterocycles. The second-order valence-electron chi connectivity index (χ2n) is 7.50. The van der Waals surface area contributed by atoms with E-state index in [0.717, 1.165) is 18.5 Å². The molecule has 0 bridgehead atoms. The highest BCUT2D eigenvalue weighted by atomic mass is 16.2. The second kappa shape index (κ2) is 5.82. The quantitative estimate of drug-likeness (QED) is 0.809. The number of hydrogen-bond acceptors (Lipinski definition) is 1. The maximum atomic E-state index is 12.8. The molecule has 0 atom stereocenters. The third-order valence-electron chi connectivity index (χ3n) is 5.80. The van der Waals surface area contributed by atoms with Crippen LogP contribution in [0.1, 0.15) is 64.0 Å². The number of nitrogens with one attached hydrogen (secondary N) is 1. The number of hydrogen-bond donors (Lipinski definition) is 1. The number of carbonyl (C=O) groups is 1. The summed E-state index contributed by atoms with van der Waals surface area (Å²) in [6, 6.07) is 6.13. The van der Waals surface area contributed by atoms with Crippen LogP contribution < -0.4 is 5.32 Å². The van der Waals surface area contributed by atoms with Crippen molar-refractivity contribution in [2.75, 3.05) is 5.32 Å². The molecule has 116 valence electrons. The molecular formula is C19H29NO. The average Bonchev–Trinajstić information content (AvgIpc) is 2.43. The zero-order valence-corrected chi connectivity index (χ0v) is 14.2. The summed E-state index contributed by atoms with van der Waals surface area (Å²) in [5, 5.41) is 3.13. The van der Waals surface area contributed by atoms with E-state index in [1.54, 1.807) is 0 Å². The third kappa shape index (κ3) is 3.14. The Bertz CT molecular complexity index is 524. The van der Waals surface area contributed by atoms with Gasteiger partial charge in [-0.1, -0.05) is 46.1 Å². The van der Waals surface area contributed by atoms with E-state index in [9.17, 15) is 4.79 Å². The maximum absolute atomic E-state index is 12.8. The Labute approximate surface area is 129 Å². The Morgan fingerprint density at radius 2 is 1.71 bits per heavy atom. The molecular weight excluding hydrogens is 258 g/mol. The highest BCUT2D eigenvalue weighted by Crippen LogP contribution is 2.49. The lowest BCUT2D eigenvalue weighted by Gasteiger charge is -2.45. The van der Waals surface area contributed by atoms with E-state index in [0.29, 0.717) is 0 Å². The van der Waals surface area contributed by atoms with Gasteiger partial charge >= 0.3 is 0 Å². The van der Waals surface area contributed by atoms with Crippen LogP contribution in [-0.4, -0.2) is 5.91 Å². The molecule has 0 unspecified atom stereocenters. The number of amides is 1. The fraction of sp³-hybridized carbons (Fsp3) is 0.632. The van der Waals surface area contributed by atoms with E-state index >= 15 is 0 Å². The van der Waals surface area contributed by atoms with Crippen LogP contribution in [0.3, 0.4) is 0 Å². The van der Waals surface area contributed by atoms with Gasteiger partial charge in [-0.25, -0.2) is 0 Å². The Hall–Kier alpha value is -1.31. The van der Waals surface area contributed by atoms with E-state index in [4.69, 9.17) is 0 Å². The summed E-state index contributed by atoms with van der Waals surface area (Å²) in [6.45, 7) is 10.7. The average molecular weight is 287 g/mol. The van der Waals surface area contributed by atoms with Crippen LogP contribution in [0.2, 0.25) is 0 Å². The van der Waals surface area contributed by atoms with Crippen LogP contribution in [0.4, 0.5) is 5.69 Å². The summed E-state index contributed by atoms with van der Waals surface area (Å²) < 4.78 is 0. The molecule has 0 saturated heterocycles. The van der Waals surface area contributed by atoms with Gasteiger partial charge < -0.3 is 5.32 Å². The highest BCUT2D eigenvalue weighted by Gasteiger charge is 2.46. The summed E-state index contributed by atoms with van der Waals surface area (Å²) >= 11 is 0. The molecule has 0 heterocycles. The molecule has 21 heavy (non-hydrogen) atoms. The van der Waals surface area contributed by atoms with Crippen molar-refractivity contribution in [3.05, 3.63) is 29.3 Å². The third-order valence-corrected chi connectivity index (χ3v) is 5.80. The molecule has 1 N–H and O–H groups in total. The first-order chi connectivity index (χ1) is 9.76. The fourth-order valence-corrected chi connectivity index (χ4v) is 3.34. The van der Waals surface area contributed by atoms with Crippen LogP contribution in [0, 0.1) is 24.7 Å². The van der Waals surface area contributed by atoms with E-state index in [1.807, 2.05) is 6.07 Å². The van der Waals surface area contributed by atoms with Crippen molar-refractivity contribution in [2.45, 2.75) is 66.7 Å². The Kier molecular flexibility index (Phi) is 4.46. The predicted molar refractivity (Wildman–Crippen MR) is 89.5 cm³/mol. The molecule has 1 aromatic carbocycles. The van der Waals surface area contributed by atoms with Gasteiger partial charge in [0.15, 0.2) is 0 Å².